The van der Waals surface area contributed by atoms with Crippen LogP contribution in [0.15, 0.2) is 30.5 Å². The molecule has 1 aromatic carbocycles. The number of aromatic nitrogens is 1. The minimum Gasteiger partial charge on any atom is -0.484 e. The van der Waals surface area contributed by atoms with Gasteiger partial charge < -0.3 is 60.9 Å². The molecule has 1 saturated heterocycles. The molecule has 0 aliphatic carbocycles. The minimum atomic E-state index is -0.937. The average molecular weight is 996 g/mol. The van der Waals surface area contributed by atoms with Gasteiger partial charge in [-0.25, -0.2) is 4.79 Å². The van der Waals surface area contributed by atoms with Crippen molar-refractivity contribution < 1.29 is 57.2 Å². The number of rotatable bonds is 35. The number of ether oxygens (including phenoxy) is 5. The Morgan fingerprint density at radius 1 is 0.803 bits per heavy atom. The summed E-state index contributed by atoms with van der Waals surface area (Å²) < 4.78 is 27.8. The fourth-order valence-electron chi connectivity index (χ4n) is 7.38. The lowest BCUT2D eigenvalue weighted by Gasteiger charge is -2.26. The predicted octanol–water partition coefficient (Wildman–Crippen LogP) is 2.72. The molecule has 2 heterocycles. The standard InChI is InChI=1S/C50H77N9O12/c1-5-6-7-16-43(60)54-22-11-9-15-41(49(66)71-50(2,3)4)58-48(65)40(14-8-10-21-51)57-44(61)20-26-67-28-30-69-31-29-68-27-24-55-45(62)35-70-37-17-18-38-39(19-23-53-42(38)32-37)47(64)56-34-46(63)59-25-12-13-36(59)33-52/h17-19,23,32,36,40-41H,5-16,20-22,24-31,34-35,51H2,1-4H3,(H,54,60)(H,55,62)(H,56,64)(H,57,61)(H,58,65)/t36-,40-,41-/m0/s1. The summed E-state index contributed by atoms with van der Waals surface area (Å²) >= 11 is 0. The van der Waals surface area contributed by atoms with Crippen molar-refractivity contribution in [3.05, 3.63) is 36.0 Å². The number of benzene rings is 1. The molecule has 0 radical (unpaired) electrons. The van der Waals surface area contributed by atoms with E-state index in [9.17, 15) is 38.8 Å². The number of likely N-dealkylation sites (tertiary alicyclic amines) is 1. The SMILES string of the molecule is CCCCCC(=O)NCCCC[C@H](NC(=O)[C@H](CCCCN)NC(=O)CCOCCOCCOCCNC(=O)COc1ccc2c(C(=O)NCC(=O)N3CCC[C@H]3C#N)ccnc2c1)C(=O)OC(C)(C)C. The Labute approximate surface area is 417 Å². The van der Waals surface area contributed by atoms with Crippen molar-refractivity contribution >= 4 is 52.3 Å². The van der Waals surface area contributed by atoms with E-state index in [0.717, 1.165) is 25.7 Å². The number of nitrogens with one attached hydrogen (secondary N) is 5. The van der Waals surface area contributed by atoms with Gasteiger partial charge in [-0.3, -0.25) is 33.8 Å². The molecule has 3 rings (SSSR count). The van der Waals surface area contributed by atoms with E-state index in [4.69, 9.17) is 29.4 Å². The molecule has 71 heavy (non-hydrogen) atoms. The topological polar surface area (TPSA) is 292 Å². The van der Waals surface area contributed by atoms with Crippen LogP contribution in [0.3, 0.4) is 0 Å². The molecule has 7 N–H and O–H groups in total. The summed E-state index contributed by atoms with van der Waals surface area (Å²) in [6.45, 7) is 9.81. The van der Waals surface area contributed by atoms with Crippen LogP contribution in [0.1, 0.15) is 122 Å². The van der Waals surface area contributed by atoms with Crippen LogP contribution in [0.5, 0.6) is 5.75 Å². The number of pyridine rings is 1. The summed E-state index contributed by atoms with van der Waals surface area (Å²) in [7, 11) is 0. The molecule has 21 heteroatoms. The smallest absolute Gasteiger partial charge is 0.329 e. The number of nitrogens with two attached hydrogens (primary N) is 1. The normalized spacial score (nSPS) is 14.2. The van der Waals surface area contributed by atoms with Gasteiger partial charge in [0.05, 0.1) is 63.3 Å². The predicted molar refractivity (Wildman–Crippen MR) is 264 cm³/mol. The highest BCUT2D eigenvalue weighted by molar-refractivity contribution is 6.07. The van der Waals surface area contributed by atoms with Crippen LogP contribution in [0.25, 0.3) is 10.9 Å². The van der Waals surface area contributed by atoms with Crippen LogP contribution in [-0.2, 0) is 47.7 Å². The third-order valence-electron chi connectivity index (χ3n) is 11.1. The van der Waals surface area contributed by atoms with Crippen molar-refractivity contribution in [3.63, 3.8) is 0 Å². The van der Waals surface area contributed by atoms with Gasteiger partial charge in [-0.05, 0) is 103 Å². The molecule has 1 fully saturated rings. The Balaban J connectivity index is 1.28. The van der Waals surface area contributed by atoms with Crippen molar-refractivity contribution in [3.8, 4) is 11.8 Å². The second kappa shape index (κ2) is 33.6. The zero-order valence-corrected chi connectivity index (χ0v) is 42.1. The highest BCUT2D eigenvalue weighted by Crippen LogP contribution is 2.23. The molecular weight excluding hydrogens is 919 g/mol. The van der Waals surface area contributed by atoms with Crippen molar-refractivity contribution in [2.45, 2.75) is 135 Å². The van der Waals surface area contributed by atoms with Gasteiger partial charge in [-0.1, -0.05) is 19.8 Å². The number of amides is 6. The summed E-state index contributed by atoms with van der Waals surface area (Å²) in [5.41, 5.74) is 5.69. The zero-order valence-electron chi connectivity index (χ0n) is 42.1. The summed E-state index contributed by atoms with van der Waals surface area (Å²) in [4.78, 5) is 95.3. The Bertz CT molecular complexity index is 2040. The number of carbonyl (C=O) groups excluding carboxylic acids is 7. The lowest BCUT2D eigenvalue weighted by atomic mass is 10.1. The fraction of sp³-hybridized carbons (Fsp3) is 0.660. The first-order valence-corrected chi connectivity index (χ1v) is 24.9. The van der Waals surface area contributed by atoms with E-state index < -0.39 is 41.5 Å². The van der Waals surface area contributed by atoms with E-state index in [1.54, 1.807) is 45.0 Å². The summed E-state index contributed by atoms with van der Waals surface area (Å²) in [5.74, 6) is -2.22. The lowest BCUT2D eigenvalue weighted by molar-refractivity contribution is -0.159. The maximum absolute atomic E-state index is 13.5. The fourth-order valence-corrected chi connectivity index (χ4v) is 7.38. The highest BCUT2D eigenvalue weighted by atomic mass is 16.6. The van der Waals surface area contributed by atoms with Crippen molar-refractivity contribution in [2.75, 3.05) is 79.0 Å². The quantitative estimate of drug-likeness (QED) is 0.0428. The van der Waals surface area contributed by atoms with Crippen LogP contribution in [-0.4, -0.2) is 154 Å². The van der Waals surface area contributed by atoms with E-state index in [2.05, 4.69) is 44.6 Å². The summed E-state index contributed by atoms with van der Waals surface area (Å²) in [5, 5.41) is 23.6. The lowest BCUT2D eigenvalue weighted by Crippen LogP contribution is -2.52. The zero-order chi connectivity index (χ0) is 51.9. The monoisotopic (exact) mass is 996 g/mol. The molecule has 3 atom stereocenters. The third-order valence-corrected chi connectivity index (χ3v) is 11.1. The van der Waals surface area contributed by atoms with Gasteiger partial charge in [0.15, 0.2) is 6.61 Å². The van der Waals surface area contributed by atoms with Crippen LogP contribution in [0, 0.1) is 11.3 Å². The number of carbonyl (C=O) groups is 7. The number of nitrogens with zero attached hydrogens (tertiary/aromatic N) is 3. The van der Waals surface area contributed by atoms with E-state index >= 15 is 0 Å². The minimum absolute atomic E-state index is 0.000174. The molecule has 1 aliphatic rings. The number of esters is 1. The van der Waals surface area contributed by atoms with E-state index in [1.165, 1.54) is 11.1 Å². The molecule has 1 aliphatic heterocycles. The van der Waals surface area contributed by atoms with Gasteiger partial charge in [-0.15, -0.1) is 0 Å². The Morgan fingerprint density at radius 3 is 2.23 bits per heavy atom. The number of fused-ring (bicyclic) bond motifs is 1. The highest BCUT2D eigenvalue weighted by Gasteiger charge is 2.31. The molecule has 6 amide bonds. The van der Waals surface area contributed by atoms with Crippen LogP contribution in [0.4, 0.5) is 0 Å². The van der Waals surface area contributed by atoms with Crippen LogP contribution < -0.4 is 37.1 Å². The van der Waals surface area contributed by atoms with Crippen molar-refractivity contribution in [1.29, 1.82) is 5.26 Å². The molecule has 394 valence electrons. The first-order chi connectivity index (χ1) is 34.1. The summed E-state index contributed by atoms with van der Waals surface area (Å²) in [6, 6.07) is 6.25. The Hall–Kier alpha value is -5.95. The second-order valence-electron chi connectivity index (χ2n) is 18.1. The maximum atomic E-state index is 13.5. The van der Waals surface area contributed by atoms with Crippen molar-refractivity contribution in [1.82, 2.24) is 36.5 Å². The molecule has 0 saturated carbocycles. The first kappa shape index (κ1) is 59.4. The summed E-state index contributed by atoms with van der Waals surface area (Å²) in [6.07, 6.45) is 9.24. The number of hydrogen-bond donors (Lipinski definition) is 6. The van der Waals surface area contributed by atoms with Gasteiger partial charge in [0.1, 0.15) is 29.5 Å². The molecule has 0 bridgehead atoms. The van der Waals surface area contributed by atoms with E-state index in [-0.39, 0.29) is 89.4 Å². The third kappa shape index (κ3) is 24.2. The van der Waals surface area contributed by atoms with Gasteiger partial charge in [0.25, 0.3) is 11.8 Å². The second-order valence-corrected chi connectivity index (χ2v) is 18.1. The molecule has 21 nitrogen and oxygen atoms in total. The van der Waals surface area contributed by atoms with Gasteiger partial charge in [0, 0.05) is 50.1 Å². The van der Waals surface area contributed by atoms with Crippen LogP contribution >= 0.6 is 0 Å². The number of unbranched alkanes of at least 4 members (excludes halogenated alkanes) is 4. The largest absolute Gasteiger partial charge is 0.484 e. The van der Waals surface area contributed by atoms with Gasteiger partial charge in [-0.2, -0.15) is 5.26 Å². The maximum Gasteiger partial charge on any atom is 0.329 e. The van der Waals surface area contributed by atoms with Crippen molar-refractivity contribution in [2.24, 2.45) is 5.73 Å². The average Bonchev–Trinajstić information content (AvgIpc) is 3.83. The molecule has 2 aromatic rings. The first-order valence-electron chi connectivity index (χ1n) is 24.9. The molecule has 1 aromatic heterocycles. The number of nitriles is 1. The van der Waals surface area contributed by atoms with E-state index in [0.29, 0.717) is 93.2 Å². The van der Waals surface area contributed by atoms with E-state index in [1.807, 2.05) is 0 Å². The molecular formula is C50H77N9O12. The molecule has 0 unspecified atom stereocenters. The Kier molecular flexibility index (Phi) is 28.1. The number of hydrogen-bond acceptors (Lipinski definition) is 15. The Morgan fingerprint density at radius 2 is 1.51 bits per heavy atom. The molecule has 0 spiro atoms. The van der Waals surface area contributed by atoms with Gasteiger partial charge in [0.2, 0.25) is 23.6 Å². The van der Waals surface area contributed by atoms with Gasteiger partial charge >= 0.3 is 5.97 Å². The van der Waals surface area contributed by atoms with Crippen LogP contribution in [0.2, 0.25) is 0 Å².